The van der Waals surface area contributed by atoms with Crippen molar-refractivity contribution >= 4 is 17.6 Å². The largest absolute Gasteiger partial charge is 0.496 e. The van der Waals surface area contributed by atoms with Gasteiger partial charge in [-0.05, 0) is 29.3 Å². The van der Waals surface area contributed by atoms with Crippen molar-refractivity contribution in [2.24, 2.45) is 4.99 Å². The summed E-state index contributed by atoms with van der Waals surface area (Å²) in [4.78, 5) is 20.3. The van der Waals surface area contributed by atoms with Crippen LogP contribution in [-0.4, -0.2) is 34.0 Å². The van der Waals surface area contributed by atoms with Crippen LogP contribution in [-0.2, 0) is 24.4 Å². The van der Waals surface area contributed by atoms with E-state index in [1.807, 2.05) is 42.6 Å². The van der Waals surface area contributed by atoms with Crippen molar-refractivity contribution in [2.75, 3.05) is 12.4 Å². The van der Waals surface area contributed by atoms with Gasteiger partial charge in [0.1, 0.15) is 5.75 Å². The number of methoxy groups -OCH3 is 1. The zero-order chi connectivity index (χ0) is 22.1. The molecule has 0 bridgehead atoms. The van der Waals surface area contributed by atoms with Gasteiger partial charge in [0.05, 0.1) is 13.7 Å². The highest BCUT2D eigenvalue weighted by molar-refractivity contribution is 5.96. The average molecular weight is 418 g/mol. The summed E-state index contributed by atoms with van der Waals surface area (Å²) in [5, 5.41) is 10.9. The van der Waals surface area contributed by atoms with Crippen molar-refractivity contribution in [3.05, 3.63) is 89.7 Å². The van der Waals surface area contributed by atoms with E-state index in [0.29, 0.717) is 6.54 Å². The number of aliphatic carboxylic acids is 1. The second kappa shape index (κ2) is 10.8. The molecule has 31 heavy (non-hydrogen) atoms. The van der Waals surface area contributed by atoms with Crippen LogP contribution in [0, 0.1) is 0 Å². The Morgan fingerprint density at radius 3 is 2.65 bits per heavy atom. The number of carbonyl (C=O) groups is 1. The summed E-state index contributed by atoms with van der Waals surface area (Å²) in [5.41, 5.74) is 4.59. The van der Waals surface area contributed by atoms with Crippen LogP contribution in [0.4, 0.5) is 5.69 Å². The molecule has 0 unspecified atom stereocenters. The van der Waals surface area contributed by atoms with E-state index < -0.39 is 5.97 Å². The van der Waals surface area contributed by atoms with E-state index in [1.165, 1.54) is 5.56 Å². The smallest absolute Gasteiger partial charge is 0.300 e. The fourth-order valence-electron chi connectivity index (χ4n) is 3.23. The van der Waals surface area contributed by atoms with Crippen LogP contribution in [0.2, 0.25) is 0 Å². The molecule has 0 saturated heterocycles. The number of nitrogens with one attached hydrogen (secondary N) is 1. The van der Waals surface area contributed by atoms with Crippen molar-refractivity contribution in [1.82, 2.24) is 9.88 Å². The van der Waals surface area contributed by atoms with E-state index in [4.69, 9.17) is 19.6 Å². The maximum Gasteiger partial charge on any atom is 0.300 e. The van der Waals surface area contributed by atoms with Gasteiger partial charge in [-0.3, -0.25) is 9.78 Å². The summed E-state index contributed by atoms with van der Waals surface area (Å²) in [7, 11) is 1.71. The molecule has 0 radical (unpaired) electrons. The van der Waals surface area contributed by atoms with Crippen molar-refractivity contribution in [2.45, 2.75) is 26.6 Å². The van der Waals surface area contributed by atoms with E-state index in [-0.39, 0.29) is 0 Å². The Morgan fingerprint density at radius 2 is 1.90 bits per heavy atom. The number of pyridine rings is 1. The Morgan fingerprint density at radius 1 is 1.16 bits per heavy atom. The molecule has 1 aliphatic rings. The first-order valence-electron chi connectivity index (χ1n) is 9.91. The minimum absolute atomic E-state index is 0.584. The minimum Gasteiger partial charge on any atom is -0.496 e. The first kappa shape index (κ1) is 21.8. The fraction of sp³-hybridized carbons (Fsp3) is 0.208. The summed E-state index contributed by atoms with van der Waals surface area (Å²) in [6.07, 6.45) is 3.63. The average Bonchev–Trinajstić information content (AvgIpc) is 2.78. The van der Waals surface area contributed by atoms with E-state index in [1.54, 1.807) is 13.3 Å². The Bertz CT molecular complexity index is 1030. The van der Waals surface area contributed by atoms with Crippen LogP contribution in [0.25, 0.3) is 0 Å². The summed E-state index contributed by atoms with van der Waals surface area (Å²) < 4.78 is 5.53. The molecule has 2 heterocycles. The van der Waals surface area contributed by atoms with E-state index in [0.717, 1.165) is 48.5 Å². The third-order valence-electron chi connectivity index (χ3n) is 4.61. The Balaban J connectivity index is 0.000000628. The maximum absolute atomic E-state index is 9.00. The highest BCUT2D eigenvalue weighted by Gasteiger charge is 2.21. The van der Waals surface area contributed by atoms with Crippen LogP contribution in [0.3, 0.4) is 0 Å². The predicted octanol–water partition coefficient (Wildman–Crippen LogP) is 4.17. The maximum atomic E-state index is 9.00. The zero-order valence-electron chi connectivity index (χ0n) is 17.7. The molecule has 7 nitrogen and oxygen atoms in total. The summed E-state index contributed by atoms with van der Waals surface area (Å²) in [5.74, 6) is 0.923. The van der Waals surface area contributed by atoms with Gasteiger partial charge in [-0.2, -0.15) is 0 Å². The first-order chi connectivity index (χ1) is 15.1. The van der Waals surface area contributed by atoms with Gasteiger partial charge in [-0.25, -0.2) is 4.99 Å². The number of carboxylic acids is 1. The lowest BCUT2D eigenvalue weighted by molar-refractivity contribution is -0.134. The van der Waals surface area contributed by atoms with Gasteiger partial charge < -0.3 is 20.1 Å². The first-order valence-corrected chi connectivity index (χ1v) is 9.91. The van der Waals surface area contributed by atoms with E-state index in [2.05, 4.69) is 39.5 Å². The molecule has 3 aromatic rings. The fourth-order valence-corrected chi connectivity index (χ4v) is 3.23. The number of carboxylic acid groups (broad SMARTS) is 1. The zero-order valence-corrected chi connectivity index (χ0v) is 17.7. The van der Waals surface area contributed by atoms with Gasteiger partial charge in [0.2, 0.25) is 0 Å². The summed E-state index contributed by atoms with van der Waals surface area (Å²) in [6.45, 7) is 3.19. The third kappa shape index (κ3) is 6.30. The molecule has 0 spiro atoms. The lowest BCUT2D eigenvalue weighted by atomic mass is 10.1. The highest BCUT2D eigenvalue weighted by Crippen LogP contribution is 2.26. The van der Waals surface area contributed by atoms with Gasteiger partial charge in [-0.1, -0.05) is 42.5 Å². The number of ether oxygens (including phenoxy) is 1. The molecule has 2 aromatic carbocycles. The molecule has 160 valence electrons. The van der Waals surface area contributed by atoms with E-state index >= 15 is 0 Å². The molecule has 0 atom stereocenters. The van der Waals surface area contributed by atoms with Gasteiger partial charge >= 0.3 is 0 Å². The Hall–Kier alpha value is -3.87. The number of aromatic nitrogens is 1. The van der Waals surface area contributed by atoms with Crippen LogP contribution < -0.4 is 10.1 Å². The Labute approximate surface area is 182 Å². The summed E-state index contributed by atoms with van der Waals surface area (Å²) in [6, 6.07) is 20.4. The lowest BCUT2D eigenvalue weighted by Gasteiger charge is -2.33. The van der Waals surface area contributed by atoms with Gasteiger partial charge in [0.15, 0.2) is 5.96 Å². The monoisotopic (exact) mass is 418 g/mol. The second-order valence-electron chi connectivity index (χ2n) is 6.97. The quantitative estimate of drug-likeness (QED) is 0.647. The molecule has 0 aliphatic carbocycles. The van der Waals surface area contributed by atoms with Crippen molar-refractivity contribution < 1.29 is 14.6 Å². The number of rotatable bonds is 5. The number of anilines is 1. The number of fused-ring (bicyclic) bond motifs is 1. The van der Waals surface area contributed by atoms with Crippen molar-refractivity contribution in [3.63, 3.8) is 0 Å². The second-order valence-corrected chi connectivity index (χ2v) is 6.97. The normalized spacial score (nSPS) is 13.5. The molecule has 1 aliphatic heterocycles. The van der Waals surface area contributed by atoms with E-state index in [9.17, 15) is 0 Å². The molecule has 4 rings (SSSR count). The van der Waals surface area contributed by atoms with Crippen LogP contribution in [0.5, 0.6) is 5.75 Å². The number of hydrogen-bond donors (Lipinski definition) is 2. The van der Waals surface area contributed by atoms with Gasteiger partial charge in [0, 0.05) is 43.7 Å². The molecule has 2 N–H and O–H groups in total. The molecule has 0 fully saturated rings. The summed E-state index contributed by atoms with van der Waals surface area (Å²) >= 11 is 0. The molecule has 0 saturated carbocycles. The highest BCUT2D eigenvalue weighted by atomic mass is 16.5. The van der Waals surface area contributed by atoms with Gasteiger partial charge in [-0.15, -0.1) is 0 Å². The molecule has 7 heteroatoms. The lowest BCUT2D eigenvalue weighted by Crippen LogP contribution is -2.39. The number of nitrogens with zero attached hydrogens (tertiary/aromatic N) is 3. The number of benzene rings is 2. The standard InChI is InChI=1S/C22H22N4O.C2H4O2/c1-27-21-11-5-3-9-19(21)16-26-15-18-8-2-4-10-20(18)25-22(26)24-14-17-7-6-12-23-13-17;1-2(3)4/h2-13H,14-16H2,1H3,(H,24,25);1H3,(H,3,4). The van der Waals surface area contributed by atoms with Crippen LogP contribution in [0.1, 0.15) is 23.6 Å². The van der Waals surface area contributed by atoms with Gasteiger partial charge in [0.25, 0.3) is 5.97 Å². The third-order valence-corrected chi connectivity index (χ3v) is 4.61. The minimum atomic E-state index is -0.833. The number of para-hydroxylation sites is 2. The van der Waals surface area contributed by atoms with Crippen molar-refractivity contribution in [1.29, 1.82) is 0 Å². The SMILES string of the molecule is CC(=O)O.COc1ccccc1CN1Cc2ccccc2NC1=NCc1cccnc1. The Kier molecular flexibility index (Phi) is 7.59. The van der Waals surface area contributed by atoms with Crippen LogP contribution in [0.15, 0.2) is 78.0 Å². The van der Waals surface area contributed by atoms with Crippen molar-refractivity contribution in [3.8, 4) is 5.75 Å². The topological polar surface area (TPSA) is 87.0 Å². The number of aliphatic imine (C=N–C) groups is 1. The predicted molar refractivity (Wildman–Crippen MR) is 121 cm³/mol. The van der Waals surface area contributed by atoms with Crippen LogP contribution >= 0.6 is 0 Å². The number of hydrogen-bond acceptors (Lipinski definition) is 4. The molecular weight excluding hydrogens is 392 g/mol. The molecular formula is C24H26N4O3. The number of guanidine groups is 1. The molecule has 1 aromatic heterocycles. The molecule has 0 amide bonds.